The number of hydrogen-bond donors (Lipinski definition) is 1. The number of anilines is 1. The van der Waals surface area contributed by atoms with Gasteiger partial charge < -0.3 is 10.2 Å². The number of aromatic nitrogens is 1. The maximum Gasteiger partial charge on any atom is 0.129 e. The largest absolute Gasteiger partial charge is 0.357 e. The standard InChI is InChI=1S/C17H29N3/c1-13(2)16-6-5-8-20(9-7-16)17-11-15(12-18-4)10-14(3)19-17/h10-11,13,16,18H,5-9,12H2,1-4H3. The van der Waals surface area contributed by atoms with E-state index in [4.69, 9.17) is 4.98 Å². The van der Waals surface area contributed by atoms with Gasteiger partial charge in [0.25, 0.3) is 0 Å². The van der Waals surface area contributed by atoms with Gasteiger partial charge in [-0.25, -0.2) is 4.98 Å². The van der Waals surface area contributed by atoms with Gasteiger partial charge in [0.15, 0.2) is 0 Å². The van der Waals surface area contributed by atoms with E-state index in [2.05, 4.69) is 43.1 Å². The fourth-order valence-electron chi connectivity index (χ4n) is 3.21. The minimum Gasteiger partial charge on any atom is -0.357 e. The molecule has 0 bridgehead atoms. The van der Waals surface area contributed by atoms with Gasteiger partial charge in [-0.2, -0.15) is 0 Å². The van der Waals surface area contributed by atoms with E-state index in [1.54, 1.807) is 0 Å². The maximum absolute atomic E-state index is 4.75. The Morgan fingerprint density at radius 2 is 2.10 bits per heavy atom. The molecule has 1 atom stereocenters. The SMILES string of the molecule is CNCc1cc(C)nc(N2CCCC(C(C)C)CC2)c1. The summed E-state index contributed by atoms with van der Waals surface area (Å²) in [5, 5.41) is 3.23. The molecule has 1 saturated heterocycles. The second kappa shape index (κ2) is 7.07. The zero-order valence-electron chi connectivity index (χ0n) is 13.4. The molecule has 0 spiro atoms. The normalized spacial score (nSPS) is 20.2. The van der Waals surface area contributed by atoms with Gasteiger partial charge in [-0.1, -0.05) is 13.8 Å². The molecule has 1 aliphatic rings. The summed E-state index contributed by atoms with van der Waals surface area (Å²) in [6.07, 6.45) is 3.96. The maximum atomic E-state index is 4.75. The van der Waals surface area contributed by atoms with E-state index in [9.17, 15) is 0 Å². The quantitative estimate of drug-likeness (QED) is 0.913. The topological polar surface area (TPSA) is 28.2 Å². The Morgan fingerprint density at radius 1 is 1.30 bits per heavy atom. The van der Waals surface area contributed by atoms with Crippen LogP contribution in [-0.2, 0) is 6.54 Å². The minimum atomic E-state index is 0.806. The number of rotatable bonds is 4. The first-order valence-corrected chi connectivity index (χ1v) is 7.97. The van der Waals surface area contributed by atoms with Crippen LogP contribution in [0.25, 0.3) is 0 Å². The van der Waals surface area contributed by atoms with Crippen LogP contribution < -0.4 is 10.2 Å². The van der Waals surface area contributed by atoms with Gasteiger partial charge >= 0.3 is 0 Å². The highest BCUT2D eigenvalue weighted by molar-refractivity contribution is 5.42. The highest BCUT2D eigenvalue weighted by Gasteiger charge is 2.20. The summed E-state index contributed by atoms with van der Waals surface area (Å²) in [7, 11) is 1.99. The lowest BCUT2D eigenvalue weighted by atomic mass is 9.89. The molecule has 20 heavy (non-hydrogen) atoms. The highest BCUT2D eigenvalue weighted by atomic mass is 15.2. The Bertz CT molecular complexity index is 428. The molecule has 0 amide bonds. The van der Waals surface area contributed by atoms with Gasteiger partial charge in [0.2, 0.25) is 0 Å². The number of aryl methyl sites for hydroxylation is 1. The smallest absolute Gasteiger partial charge is 0.129 e. The van der Waals surface area contributed by atoms with Crippen molar-refractivity contribution in [2.75, 3.05) is 25.0 Å². The Kier molecular flexibility index (Phi) is 5.41. The van der Waals surface area contributed by atoms with Crippen molar-refractivity contribution in [1.82, 2.24) is 10.3 Å². The number of pyridine rings is 1. The van der Waals surface area contributed by atoms with Crippen molar-refractivity contribution >= 4 is 5.82 Å². The number of nitrogens with zero attached hydrogens (tertiary/aromatic N) is 2. The summed E-state index contributed by atoms with van der Waals surface area (Å²) in [5.41, 5.74) is 2.46. The first-order valence-electron chi connectivity index (χ1n) is 7.97. The van der Waals surface area contributed by atoms with E-state index in [1.165, 1.54) is 30.6 Å². The molecule has 2 rings (SSSR count). The predicted molar refractivity (Wildman–Crippen MR) is 86.1 cm³/mol. The third-order valence-electron chi connectivity index (χ3n) is 4.42. The van der Waals surface area contributed by atoms with Crippen molar-refractivity contribution < 1.29 is 0 Å². The van der Waals surface area contributed by atoms with Crippen LogP contribution in [0.15, 0.2) is 12.1 Å². The summed E-state index contributed by atoms with van der Waals surface area (Å²) < 4.78 is 0. The van der Waals surface area contributed by atoms with E-state index >= 15 is 0 Å². The molecule has 1 aromatic heterocycles. The molecule has 1 N–H and O–H groups in total. The van der Waals surface area contributed by atoms with Gasteiger partial charge in [0.05, 0.1) is 0 Å². The van der Waals surface area contributed by atoms with Crippen LogP contribution in [0, 0.1) is 18.8 Å². The third-order valence-corrected chi connectivity index (χ3v) is 4.42. The van der Waals surface area contributed by atoms with Gasteiger partial charge in [-0.3, -0.25) is 0 Å². The van der Waals surface area contributed by atoms with Crippen LogP contribution in [0.3, 0.4) is 0 Å². The van der Waals surface area contributed by atoms with Gasteiger partial charge in [0, 0.05) is 25.3 Å². The van der Waals surface area contributed by atoms with Crippen LogP contribution in [-0.4, -0.2) is 25.1 Å². The van der Waals surface area contributed by atoms with E-state index in [0.717, 1.165) is 37.2 Å². The average Bonchev–Trinajstić information content (AvgIpc) is 2.64. The molecule has 0 saturated carbocycles. The van der Waals surface area contributed by atoms with Crippen molar-refractivity contribution in [2.45, 2.75) is 46.6 Å². The fourth-order valence-corrected chi connectivity index (χ4v) is 3.21. The van der Waals surface area contributed by atoms with Gasteiger partial charge in [0.1, 0.15) is 5.82 Å². The molecule has 1 aromatic rings. The molecule has 1 aliphatic heterocycles. The zero-order chi connectivity index (χ0) is 14.5. The van der Waals surface area contributed by atoms with Crippen molar-refractivity contribution in [1.29, 1.82) is 0 Å². The highest BCUT2D eigenvalue weighted by Crippen LogP contribution is 2.27. The molecule has 1 fully saturated rings. The molecule has 0 aliphatic carbocycles. The molecular formula is C17H29N3. The molecule has 1 unspecified atom stereocenters. The summed E-state index contributed by atoms with van der Waals surface area (Å²) in [4.78, 5) is 7.23. The van der Waals surface area contributed by atoms with Crippen molar-refractivity contribution in [2.24, 2.45) is 11.8 Å². The van der Waals surface area contributed by atoms with Crippen LogP contribution >= 0.6 is 0 Å². The number of hydrogen-bond acceptors (Lipinski definition) is 3. The lowest BCUT2D eigenvalue weighted by molar-refractivity contribution is 0.351. The molecule has 3 heteroatoms. The number of nitrogens with one attached hydrogen (secondary N) is 1. The second-order valence-electron chi connectivity index (χ2n) is 6.43. The van der Waals surface area contributed by atoms with E-state index < -0.39 is 0 Å². The third kappa shape index (κ3) is 3.95. The molecule has 2 heterocycles. The second-order valence-corrected chi connectivity index (χ2v) is 6.43. The Balaban J connectivity index is 2.11. The van der Waals surface area contributed by atoms with Crippen molar-refractivity contribution in [3.63, 3.8) is 0 Å². The average molecular weight is 275 g/mol. The predicted octanol–water partition coefficient (Wildman–Crippen LogP) is 3.37. The summed E-state index contributed by atoms with van der Waals surface area (Å²) in [6.45, 7) is 10.0. The lowest BCUT2D eigenvalue weighted by Gasteiger charge is -2.23. The molecular weight excluding hydrogens is 246 g/mol. The van der Waals surface area contributed by atoms with E-state index in [0.29, 0.717) is 0 Å². The van der Waals surface area contributed by atoms with Crippen LogP contribution in [0.4, 0.5) is 5.82 Å². The van der Waals surface area contributed by atoms with Crippen LogP contribution in [0.1, 0.15) is 44.4 Å². The molecule has 112 valence electrons. The Morgan fingerprint density at radius 3 is 2.80 bits per heavy atom. The lowest BCUT2D eigenvalue weighted by Crippen LogP contribution is -2.26. The molecule has 0 radical (unpaired) electrons. The molecule has 3 nitrogen and oxygen atoms in total. The monoisotopic (exact) mass is 275 g/mol. The van der Waals surface area contributed by atoms with E-state index in [-0.39, 0.29) is 0 Å². The first-order chi connectivity index (χ1) is 9.60. The summed E-state index contributed by atoms with van der Waals surface area (Å²) >= 11 is 0. The fraction of sp³-hybridized carbons (Fsp3) is 0.706. The molecule has 0 aromatic carbocycles. The first kappa shape index (κ1) is 15.3. The van der Waals surface area contributed by atoms with Crippen LogP contribution in [0.5, 0.6) is 0 Å². The van der Waals surface area contributed by atoms with E-state index in [1.807, 2.05) is 7.05 Å². The van der Waals surface area contributed by atoms with Crippen molar-refractivity contribution in [3.8, 4) is 0 Å². The Hall–Kier alpha value is -1.09. The Labute approximate surface area is 123 Å². The summed E-state index contributed by atoms with van der Waals surface area (Å²) in [5.74, 6) is 2.85. The minimum absolute atomic E-state index is 0.806. The zero-order valence-corrected chi connectivity index (χ0v) is 13.4. The van der Waals surface area contributed by atoms with Crippen molar-refractivity contribution in [3.05, 3.63) is 23.4 Å². The summed E-state index contributed by atoms with van der Waals surface area (Å²) in [6, 6.07) is 4.42. The van der Waals surface area contributed by atoms with Gasteiger partial charge in [-0.05, 0) is 62.8 Å². The van der Waals surface area contributed by atoms with Crippen LogP contribution in [0.2, 0.25) is 0 Å². The van der Waals surface area contributed by atoms with Gasteiger partial charge in [-0.15, -0.1) is 0 Å².